The van der Waals surface area contributed by atoms with E-state index >= 15 is 0 Å². The van der Waals surface area contributed by atoms with E-state index in [1.54, 1.807) is 6.08 Å². The van der Waals surface area contributed by atoms with Crippen LogP contribution in [0.25, 0.3) is 6.08 Å². The zero-order valence-electron chi connectivity index (χ0n) is 23.6. The summed E-state index contributed by atoms with van der Waals surface area (Å²) in [5.74, 6) is 3.18. The zero-order valence-corrected chi connectivity index (χ0v) is 23.6. The number of piperidine rings is 1. The molecule has 39 heavy (non-hydrogen) atoms. The molecule has 2 bridgehead atoms. The summed E-state index contributed by atoms with van der Waals surface area (Å²) in [4.78, 5) is 18.8. The molecule has 5 atom stereocenters. The number of ether oxygens (including phenoxy) is 1. The Hall–Kier alpha value is -2.79. The maximum absolute atomic E-state index is 13.9. The Morgan fingerprint density at radius 3 is 2.82 bits per heavy atom. The Bertz CT molecular complexity index is 1310. The summed E-state index contributed by atoms with van der Waals surface area (Å²) in [5, 5.41) is 11.1. The third kappa shape index (κ3) is 4.11. The molecular formula is C34H42N2O3. The van der Waals surface area contributed by atoms with E-state index in [0.717, 1.165) is 55.0 Å². The van der Waals surface area contributed by atoms with Gasteiger partial charge in [0.1, 0.15) is 17.6 Å². The summed E-state index contributed by atoms with van der Waals surface area (Å²) in [5.41, 5.74) is 4.51. The van der Waals surface area contributed by atoms with Gasteiger partial charge < -0.3 is 14.7 Å². The van der Waals surface area contributed by atoms with Gasteiger partial charge in [-0.15, -0.1) is 0 Å². The van der Waals surface area contributed by atoms with Crippen molar-refractivity contribution >= 4 is 12.0 Å². The molecule has 2 aromatic rings. The van der Waals surface area contributed by atoms with Gasteiger partial charge in [0.2, 0.25) is 5.91 Å². The molecule has 1 spiro atoms. The van der Waals surface area contributed by atoms with E-state index in [4.69, 9.17) is 4.74 Å². The molecule has 0 radical (unpaired) electrons. The molecule has 1 N–H and O–H groups in total. The van der Waals surface area contributed by atoms with Gasteiger partial charge in [-0.05, 0) is 93.5 Å². The molecular weight excluding hydrogens is 484 g/mol. The van der Waals surface area contributed by atoms with Gasteiger partial charge in [-0.2, -0.15) is 0 Å². The van der Waals surface area contributed by atoms with Crippen LogP contribution in [0.1, 0.15) is 68.2 Å². The smallest absolute Gasteiger partial charge is 0.246 e. The van der Waals surface area contributed by atoms with Crippen molar-refractivity contribution in [3.05, 3.63) is 64.7 Å². The third-order valence-corrected chi connectivity index (χ3v) is 10.3. The average molecular weight is 527 g/mol. The average Bonchev–Trinajstić information content (AvgIpc) is 3.67. The van der Waals surface area contributed by atoms with Crippen LogP contribution in [0.2, 0.25) is 0 Å². The standard InChI is InChI=1S/C34H42N2O3/c1-21(2)19-36(31(38)14-9-23-6-4-5-22(3)17-23)27-11-10-26-28-18-25-29(37)12-13-30-32(25)34(26,33(27)39-30)15-16-35(28)20-24-7-8-24/h4-6,9,12-14,17,21,24,26-28,33,37H,7-8,10-11,15-16,18-20H2,1-3H3/t26-,27-,28+,33-,34-/m0/s1. The molecule has 3 aliphatic carbocycles. The summed E-state index contributed by atoms with van der Waals surface area (Å²) in [7, 11) is 0. The number of phenols is 1. The summed E-state index contributed by atoms with van der Waals surface area (Å²) in [6.45, 7) is 9.47. The topological polar surface area (TPSA) is 53.0 Å². The van der Waals surface area contributed by atoms with Gasteiger partial charge in [0.25, 0.3) is 0 Å². The van der Waals surface area contributed by atoms with Crippen molar-refractivity contribution < 1.29 is 14.6 Å². The number of rotatable bonds is 7. The van der Waals surface area contributed by atoms with Crippen molar-refractivity contribution in [2.45, 2.75) is 82.9 Å². The Balaban J connectivity index is 1.25. The number of aromatic hydroxyl groups is 1. The highest BCUT2D eigenvalue weighted by Crippen LogP contribution is 2.64. The molecule has 0 aromatic heterocycles. The van der Waals surface area contributed by atoms with Gasteiger partial charge in [-0.3, -0.25) is 9.69 Å². The van der Waals surface area contributed by atoms with Crippen molar-refractivity contribution in [2.75, 3.05) is 19.6 Å². The fourth-order valence-corrected chi connectivity index (χ4v) is 8.61. The van der Waals surface area contributed by atoms with Crippen LogP contribution in [0.15, 0.2) is 42.5 Å². The van der Waals surface area contributed by atoms with Crippen molar-refractivity contribution in [1.82, 2.24) is 9.80 Å². The van der Waals surface area contributed by atoms with Gasteiger partial charge in [0.15, 0.2) is 0 Å². The number of benzene rings is 2. The van der Waals surface area contributed by atoms with E-state index in [9.17, 15) is 9.90 Å². The van der Waals surface area contributed by atoms with Crippen molar-refractivity contribution in [2.24, 2.45) is 17.8 Å². The molecule has 2 saturated carbocycles. The second-order valence-corrected chi connectivity index (χ2v) is 13.4. The molecule has 2 heterocycles. The highest BCUT2D eigenvalue weighted by molar-refractivity contribution is 5.92. The molecule has 5 aliphatic rings. The number of carbonyl (C=O) groups is 1. The lowest BCUT2D eigenvalue weighted by molar-refractivity contribution is -0.138. The van der Waals surface area contributed by atoms with Crippen LogP contribution >= 0.6 is 0 Å². The summed E-state index contributed by atoms with van der Waals surface area (Å²) >= 11 is 0. The van der Waals surface area contributed by atoms with Gasteiger partial charge in [-0.1, -0.05) is 43.7 Å². The van der Waals surface area contributed by atoms with E-state index in [1.165, 1.54) is 30.5 Å². The van der Waals surface area contributed by atoms with Gasteiger partial charge in [-0.25, -0.2) is 0 Å². The molecule has 1 amide bonds. The maximum atomic E-state index is 13.9. The fraction of sp³-hybridized carbons (Fsp3) is 0.559. The number of phenolic OH excluding ortho intramolecular Hbond substituents is 1. The van der Waals surface area contributed by atoms with Gasteiger partial charge >= 0.3 is 0 Å². The first-order chi connectivity index (χ1) is 18.8. The molecule has 1 saturated heterocycles. The second-order valence-electron chi connectivity index (χ2n) is 13.4. The van der Waals surface area contributed by atoms with E-state index < -0.39 is 0 Å². The Labute approximate surface area is 232 Å². The first-order valence-corrected chi connectivity index (χ1v) is 15.2. The second kappa shape index (κ2) is 9.40. The van der Waals surface area contributed by atoms with Crippen molar-refractivity contribution in [3.63, 3.8) is 0 Å². The molecule has 206 valence electrons. The lowest BCUT2D eigenvalue weighted by atomic mass is 9.50. The Morgan fingerprint density at radius 1 is 1.21 bits per heavy atom. The maximum Gasteiger partial charge on any atom is 0.246 e. The molecule has 5 heteroatoms. The lowest BCUT2D eigenvalue weighted by Crippen LogP contribution is -2.69. The lowest BCUT2D eigenvalue weighted by Gasteiger charge is -2.60. The monoisotopic (exact) mass is 526 g/mol. The number of nitrogens with zero attached hydrogens (tertiary/aromatic N) is 2. The van der Waals surface area contributed by atoms with E-state index in [1.807, 2.05) is 24.3 Å². The summed E-state index contributed by atoms with van der Waals surface area (Å²) in [6, 6.07) is 12.6. The summed E-state index contributed by atoms with van der Waals surface area (Å²) in [6.07, 6.45) is 10.4. The highest BCUT2D eigenvalue weighted by atomic mass is 16.5. The quantitative estimate of drug-likeness (QED) is 0.469. The van der Waals surface area contributed by atoms with E-state index in [-0.39, 0.29) is 23.5 Å². The van der Waals surface area contributed by atoms with Crippen LogP contribution in [0.5, 0.6) is 11.5 Å². The molecule has 3 fully saturated rings. The zero-order chi connectivity index (χ0) is 26.9. The molecule has 5 nitrogen and oxygen atoms in total. The van der Waals surface area contributed by atoms with Crippen LogP contribution in [0.3, 0.4) is 0 Å². The van der Waals surface area contributed by atoms with Crippen LogP contribution in [-0.4, -0.2) is 58.6 Å². The van der Waals surface area contributed by atoms with Crippen molar-refractivity contribution in [1.29, 1.82) is 0 Å². The van der Waals surface area contributed by atoms with Crippen molar-refractivity contribution in [3.8, 4) is 11.5 Å². The third-order valence-electron chi connectivity index (χ3n) is 10.3. The predicted molar refractivity (Wildman–Crippen MR) is 154 cm³/mol. The van der Waals surface area contributed by atoms with Crippen LogP contribution < -0.4 is 4.74 Å². The van der Waals surface area contributed by atoms with Crippen LogP contribution in [0.4, 0.5) is 0 Å². The summed E-state index contributed by atoms with van der Waals surface area (Å²) < 4.78 is 6.92. The first kappa shape index (κ1) is 25.2. The minimum atomic E-state index is -0.120. The Kier molecular flexibility index (Phi) is 6.07. The highest BCUT2D eigenvalue weighted by Gasteiger charge is 2.66. The predicted octanol–water partition coefficient (Wildman–Crippen LogP) is 5.72. The van der Waals surface area contributed by atoms with Gasteiger partial charge in [0.05, 0.1) is 6.04 Å². The van der Waals surface area contributed by atoms with Crippen LogP contribution in [0, 0.1) is 24.7 Å². The number of hydrogen-bond acceptors (Lipinski definition) is 4. The number of aryl methyl sites for hydroxylation is 1. The van der Waals surface area contributed by atoms with Gasteiger partial charge in [0, 0.05) is 41.7 Å². The molecule has 2 aromatic carbocycles. The molecule has 2 aliphatic heterocycles. The number of amides is 1. The fourth-order valence-electron chi connectivity index (χ4n) is 8.61. The van der Waals surface area contributed by atoms with Crippen LogP contribution in [-0.2, 0) is 16.6 Å². The minimum Gasteiger partial charge on any atom is -0.508 e. The normalized spacial score (nSPS) is 30.9. The van der Waals surface area contributed by atoms with E-state index in [0.29, 0.717) is 30.2 Å². The first-order valence-electron chi connectivity index (χ1n) is 15.2. The molecule has 0 unspecified atom stereocenters. The minimum absolute atomic E-state index is 0.0226. The SMILES string of the molecule is Cc1cccc(C=CC(=O)N(CC(C)C)[C@H]2CC[C@H]3[C@H]4Cc5c(O)ccc6c5[C@@]3(CCN4CC3CC3)[C@H]2O6)c1. The molecule has 7 rings (SSSR count). The number of hydrogen-bond donors (Lipinski definition) is 1. The number of likely N-dealkylation sites (tertiary alicyclic amines) is 1. The largest absolute Gasteiger partial charge is 0.508 e. The number of carbonyl (C=O) groups excluding carboxylic acids is 1. The van der Waals surface area contributed by atoms with E-state index in [2.05, 4.69) is 48.8 Å². The Morgan fingerprint density at radius 2 is 2.05 bits per heavy atom.